The van der Waals surface area contributed by atoms with Gasteiger partial charge in [-0.3, -0.25) is 4.99 Å². The monoisotopic (exact) mass is 439 g/mol. The summed E-state index contributed by atoms with van der Waals surface area (Å²) < 4.78 is 17.4. The maximum Gasteiger partial charge on any atom is 0.131 e. The number of hydrogen-bond donors (Lipinski definition) is 0. The van der Waals surface area contributed by atoms with Crippen LogP contribution in [0.1, 0.15) is 43.7 Å². The molecule has 1 aliphatic heterocycles. The Bertz CT molecular complexity index is 1220. The van der Waals surface area contributed by atoms with Gasteiger partial charge in [0.2, 0.25) is 0 Å². The smallest absolute Gasteiger partial charge is 0.131 e. The van der Waals surface area contributed by atoms with E-state index < -0.39 is 0 Å². The standard InChI is InChI=1S/C29H29NO3/c1-29(2)17-24(30-20-10-12-21(31-3)13-11-20)28-26(18-29)33-25-15-14-22(32-4)16-23(25)27(28)19-8-6-5-7-9-19/h5-16,27H,17-18H2,1-4H3/t27-/m0/s1. The van der Waals surface area contributed by atoms with Crippen LogP contribution in [0.15, 0.2) is 89.1 Å². The third-order valence-electron chi connectivity index (χ3n) is 6.42. The molecule has 0 aromatic heterocycles. The predicted molar refractivity (Wildman–Crippen MR) is 132 cm³/mol. The number of hydrogen-bond acceptors (Lipinski definition) is 4. The van der Waals surface area contributed by atoms with Gasteiger partial charge < -0.3 is 14.2 Å². The van der Waals surface area contributed by atoms with Crippen LogP contribution in [0.25, 0.3) is 0 Å². The largest absolute Gasteiger partial charge is 0.497 e. The molecule has 1 aliphatic carbocycles. The second kappa shape index (κ2) is 8.43. The van der Waals surface area contributed by atoms with Crippen molar-refractivity contribution in [2.45, 2.75) is 32.6 Å². The van der Waals surface area contributed by atoms with E-state index in [4.69, 9.17) is 19.2 Å². The third-order valence-corrected chi connectivity index (χ3v) is 6.42. The Morgan fingerprint density at radius 3 is 2.24 bits per heavy atom. The van der Waals surface area contributed by atoms with E-state index >= 15 is 0 Å². The molecule has 33 heavy (non-hydrogen) atoms. The fraction of sp³-hybridized carbons (Fsp3) is 0.276. The van der Waals surface area contributed by atoms with Crippen molar-refractivity contribution in [3.8, 4) is 17.2 Å². The number of methoxy groups -OCH3 is 2. The van der Waals surface area contributed by atoms with Crippen molar-refractivity contribution >= 4 is 11.4 Å². The molecule has 1 heterocycles. The Morgan fingerprint density at radius 1 is 0.848 bits per heavy atom. The molecule has 4 nitrogen and oxygen atoms in total. The van der Waals surface area contributed by atoms with Gasteiger partial charge in [-0.25, -0.2) is 0 Å². The van der Waals surface area contributed by atoms with Crippen LogP contribution in [-0.4, -0.2) is 19.9 Å². The fourth-order valence-electron chi connectivity index (χ4n) is 4.88. The highest BCUT2D eigenvalue weighted by Crippen LogP contribution is 2.51. The highest BCUT2D eigenvalue weighted by Gasteiger charge is 2.41. The lowest BCUT2D eigenvalue weighted by atomic mass is 9.69. The van der Waals surface area contributed by atoms with Gasteiger partial charge in [-0.15, -0.1) is 0 Å². The van der Waals surface area contributed by atoms with Gasteiger partial charge in [-0.2, -0.15) is 0 Å². The molecule has 0 saturated heterocycles. The highest BCUT2D eigenvalue weighted by atomic mass is 16.5. The summed E-state index contributed by atoms with van der Waals surface area (Å²) in [4.78, 5) is 5.16. The van der Waals surface area contributed by atoms with Gasteiger partial charge in [0.25, 0.3) is 0 Å². The van der Waals surface area contributed by atoms with E-state index in [2.05, 4.69) is 50.2 Å². The number of aliphatic imine (C=N–C) groups is 1. The Hall–Kier alpha value is -3.53. The van der Waals surface area contributed by atoms with E-state index in [1.807, 2.05) is 36.4 Å². The summed E-state index contributed by atoms with van der Waals surface area (Å²) >= 11 is 0. The molecule has 0 bridgehead atoms. The van der Waals surface area contributed by atoms with Crippen LogP contribution in [0, 0.1) is 5.41 Å². The minimum Gasteiger partial charge on any atom is -0.497 e. The molecule has 0 spiro atoms. The minimum atomic E-state index is 0.0353. The van der Waals surface area contributed by atoms with Crippen LogP contribution in [0.5, 0.6) is 17.2 Å². The van der Waals surface area contributed by atoms with E-state index in [9.17, 15) is 0 Å². The van der Waals surface area contributed by atoms with Gasteiger partial charge in [0.1, 0.15) is 23.0 Å². The summed E-state index contributed by atoms with van der Waals surface area (Å²) in [6, 6.07) is 24.6. The summed E-state index contributed by atoms with van der Waals surface area (Å²) in [6.07, 6.45) is 1.75. The fourth-order valence-corrected chi connectivity index (χ4v) is 4.88. The SMILES string of the molecule is COc1ccc(N=C2CC(C)(C)CC3=C2[C@@H](c2ccccc2)c2cc(OC)ccc2O3)cc1. The number of allylic oxidation sites excluding steroid dienone is 2. The Balaban J connectivity index is 1.70. The van der Waals surface area contributed by atoms with Crippen LogP contribution in [0.4, 0.5) is 5.69 Å². The number of ether oxygens (including phenoxy) is 3. The van der Waals surface area contributed by atoms with Crippen LogP contribution in [-0.2, 0) is 0 Å². The molecule has 3 aromatic carbocycles. The van der Waals surface area contributed by atoms with E-state index in [0.717, 1.165) is 52.8 Å². The average molecular weight is 440 g/mol. The molecule has 2 aliphatic rings. The summed E-state index contributed by atoms with van der Waals surface area (Å²) in [5.74, 6) is 3.60. The normalized spacial score (nSPS) is 20.0. The Labute approximate surface area is 195 Å². The van der Waals surface area contributed by atoms with Crippen molar-refractivity contribution in [2.24, 2.45) is 10.4 Å². The first kappa shape index (κ1) is 21.3. The van der Waals surface area contributed by atoms with Crippen molar-refractivity contribution in [2.75, 3.05) is 14.2 Å². The molecule has 0 fully saturated rings. The highest BCUT2D eigenvalue weighted by molar-refractivity contribution is 6.05. The van der Waals surface area contributed by atoms with Crippen LogP contribution >= 0.6 is 0 Å². The average Bonchev–Trinajstić information content (AvgIpc) is 2.82. The van der Waals surface area contributed by atoms with E-state index in [1.165, 1.54) is 11.1 Å². The van der Waals surface area contributed by atoms with Crippen molar-refractivity contribution in [3.63, 3.8) is 0 Å². The summed E-state index contributed by atoms with van der Waals surface area (Å²) in [6.45, 7) is 4.56. The van der Waals surface area contributed by atoms with Crippen molar-refractivity contribution < 1.29 is 14.2 Å². The van der Waals surface area contributed by atoms with Gasteiger partial charge in [0, 0.05) is 29.2 Å². The van der Waals surface area contributed by atoms with Crippen molar-refractivity contribution in [1.29, 1.82) is 0 Å². The van der Waals surface area contributed by atoms with E-state index in [-0.39, 0.29) is 11.3 Å². The third kappa shape index (κ3) is 4.13. The number of rotatable bonds is 4. The van der Waals surface area contributed by atoms with E-state index in [0.29, 0.717) is 0 Å². The topological polar surface area (TPSA) is 40.0 Å². The molecule has 4 heteroatoms. The molecule has 3 aromatic rings. The van der Waals surface area contributed by atoms with Gasteiger partial charge >= 0.3 is 0 Å². The molecular weight excluding hydrogens is 410 g/mol. The van der Waals surface area contributed by atoms with Crippen LogP contribution < -0.4 is 14.2 Å². The minimum absolute atomic E-state index is 0.0353. The molecule has 5 rings (SSSR count). The van der Waals surface area contributed by atoms with Crippen molar-refractivity contribution in [1.82, 2.24) is 0 Å². The number of nitrogens with zero attached hydrogens (tertiary/aromatic N) is 1. The molecular formula is C29H29NO3. The van der Waals surface area contributed by atoms with Gasteiger partial charge in [-0.1, -0.05) is 44.2 Å². The maximum atomic E-state index is 6.55. The Morgan fingerprint density at radius 2 is 1.55 bits per heavy atom. The first-order valence-corrected chi connectivity index (χ1v) is 11.3. The lowest BCUT2D eigenvalue weighted by Crippen LogP contribution is -2.33. The lowest BCUT2D eigenvalue weighted by molar-refractivity contribution is 0.278. The summed E-state index contributed by atoms with van der Waals surface area (Å²) in [5.41, 5.74) is 5.56. The lowest BCUT2D eigenvalue weighted by Gasteiger charge is -2.40. The van der Waals surface area contributed by atoms with Crippen molar-refractivity contribution in [3.05, 3.63) is 95.3 Å². The van der Waals surface area contributed by atoms with Gasteiger partial charge in [-0.05, 0) is 59.9 Å². The van der Waals surface area contributed by atoms with Gasteiger partial charge in [0.15, 0.2) is 0 Å². The quantitative estimate of drug-likeness (QED) is 0.436. The molecule has 0 radical (unpaired) electrons. The second-order valence-corrected chi connectivity index (χ2v) is 9.46. The zero-order chi connectivity index (χ0) is 23.0. The molecule has 1 atom stereocenters. The number of fused-ring (bicyclic) bond motifs is 1. The summed E-state index contributed by atoms with van der Waals surface area (Å²) in [7, 11) is 3.38. The number of benzene rings is 3. The zero-order valence-electron chi connectivity index (χ0n) is 19.6. The predicted octanol–water partition coefficient (Wildman–Crippen LogP) is 7.07. The molecule has 0 unspecified atom stereocenters. The molecule has 168 valence electrons. The Kier molecular flexibility index (Phi) is 5.45. The van der Waals surface area contributed by atoms with Crippen LogP contribution in [0.3, 0.4) is 0 Å². The van der Waals surface area contributed by atoms with E-state index in [1.54, 1.807) is 14.2 Å². The first-order chi connectivity index (χ1) is 16.0. The molecule has 0 saturated carbocycles. The van der Waals surface area contributed by atoms with Crippen LogP contribution in [0.2, 0.25) is 0 Å². The maximum absolute atomic E-state index is 6.55. The molecule has 0 N–H and O–H groups in total. The summed E-state index contributed by atoms with van der Waals surface area (Å²) in [5, 5.41) is 0. The van der Waals surface area contributed by atoms with Gasteiger partial charge in [0.05, 0.1) is 19.9 Å². The molecule has 0 amide bonds. The first-order valence-electron chi connectivity index (χ1n) is 11.3. The zero-order valence-corrected chi connectivity index (χ0v) is 19.6. The second-order valence-electron chi connectivity index (χ2n) is 9.46.